The van der Waals surface area contributed by atoms with Crippen LogP contribution in [-0.2, 0) is 20.9 Å². The van der Waals surface area contributed by atoms with E-state index in [2.05, 4.69) is 0 Å². The van der Waals surface area contributed by atoms with Crippen LogP contribution >= 0.6 is 11.6 Å². The van der Waals surface area contributed by atoms with Gasteiger partial charge in [-0.15, -0.1) is 0 Å². The zero-order chi connectivity index (χ0) is 24.1. The van der Waals surface area contributed by atoms with Crippen molar-refractivity contribution in [1.82, 2.24) is 0 Å². The average Bonchev–Trinajstić information content (AvgIpc) is 2.78. The first-order valence-electron chi connectivity index (χ1n) is 9.87. The van der Waals surface area contributed by atoms with Gasteiger partial charge in [0.15, 0.2) is 5.75 Å². The molecular weight excluding hydrogens is 450 g/mol. The lowest BCUT2D eigenvalue weighted by Gasteiger charge is -2.26. The number of rotatable bonds is 7. The number of carbonyl (C=O) groups is 1. The SMILES string of the molecule is CCOC(=O)C1=C(C)OC(N)=C(C#N)[C@H]1c1ccc(OCc2ccc(Cl)cc2)c([N+](=O)[O-])c1. The summed E-state index contributed by atoms with van der Waals surface area (Å²) in [6.07, 6.45) is 0. The number of halogens is 1. The number of hydrogen-bond acceptors (Lipinski definition) is 8. The third-order valence-corrected chi connectivity index (χ3v) is 5.17. The third kappa shape index (κ3) is 5.07. The smallest absolute Gasteiger partial charge is 0.338 e. The van der Waals surface area contributed by atoms with Crippen LogP contribution in [0.25, 0.3) is 0 Å². The molecule has 2 aromatic carbocycles. The summed E-state index contributed by atoms with van der Waals surface area (Å²) >= 11 is 5.87. The molecule has 0 radical (unpaired) electrons. The van der Waals surface area contributed by atoms with Crippen molar-refractivity contribution < 1.29 is 23.9 Å². The number of hydrogen-bond donors (Lipinski definition) is 1. The molecule has 0 saturated heterocycles. The minimum absolute atomic E-state index is 0.0274. The number of nitro groups is 1. The Bertz CT molecular complexity index is 1200. The molecule has 33 heavy (non-hydrogen) atoms. The fourth-order valence-electron chi connectivity index (χ4n) is 3.41. The molecule has 1 aliphatic heterocycles. The summed E-state index contributed by atoms with van der Waals surface area (Å²) < 4.78 is 16.1. The molecule has 0 aliphatic carbocycles. The molecule has 2 N–H and O–H groups in total. The van der Waals surface area contributed by atoms with Gasteiger partial charge in [0.25, 0.3) is 0 Å². The minimum atomic E-state index is -0.994. The highest BCUT2D eigenvalue weighted by Gasteiger charge is 2.37. The second-order valence-electron chi connectivity index (χ2n) is 7.01. The monoisotopic (exact) mass is 469 g/mol. The van der Waals surface area contributed by atoms with Crippen LogP contribution in [0.5, 0.6) is 5.75 Å². The van der Waals surface area contributed by atoms with Gasteiger partial charge in [-0.25, -0.2) is 4.79 Å². The Morgan fingerprint density at radius 1 is 1.30 bits per heavy atom. The maximum atomic E-state index is 12.6. The number of nitrogens with zero attached hydrogens (tertiary/aromatic N) is 2. The van der Waals surface area contributed by atoms with E-state index in [4.69, 9.17) is 31.5 Å². The molecule has 2 aromatic rings. The normalized spacial score (nSPS) is 15.5. The second-order valence-corrected chi connectivity index (χ2v) is 7.45. The van der Waals surface area contributed by atoms with Crippen LogP contribution in [0, 0.1) is 21.4 Å². The molecule has 9 nitrogen and oxygen atoms in total. The summed E-state index contributed by atoms with van der Waals surface area (Å²) in [5.41, 5.74) is 6.61. The van der Waals surface area contributed by atoms with E-state index in [1.807, 2.05) is 6.07 Å². The first-order valence-corrected chi connectivity index (χ1v) is 10.3. The summed E-state index contributed by atoms with van der Waals surface area (Å²) in [6.45, 7) is 3.33. The van der Waals surface area contributed by atoms with Crippen LogP contribution in [-0.4, -0.2) is 17.5 Å². The van der Waals surface area contributed by atoms with E-state index in [0.717, 1.165) is 5.56 Å². The molecular formula is C23H20ClN3O6. The third-order valence-electron chi connectivity index (χ3n) is 4.92. The van der Waals surface area contributed by atoms with Crippen molar-refractivity contribution in [2.24, 2.45) is 5.73 Å². The second kappa shape index (κ2) is 10.1. The van der Waals surface area contributed by atoms with Gasteiger partial charge in [-0.3, -0.25) is 10.1 Å². The van der Waals surface area contributed by atoms with E-state index in [1.54, 1.807) is 31.2 Å². The molecule has 0 saturated carbocycles. The zero-order valence-corrected chi connectivity index (χ0v) is 18.6. The van der Waals surface area contributed by atoms with E-state index < -0.39 is 16.8 Å². The lowest BCUT2D eigenvalue weighted by Crippen LogP contribution is -2.25. The minimum Gasteiger partial charge on any atom is -0.482 e. The Morgan fingerprint density at radius 3 is 2.61 bits per heavy atom. The average molecular weight is 470 g/mol. The lowest BCUT2D eigenvalue weighted by molar-refractivity contribution is -0.386. The standard InChI is InChI=1S/C23H20ClN3O6/c1-3-31-23(28)20-13(2)33-22(26)17(11-25)21(20)15-6-9-19(18(10-15)27(29)30)32-12-14-4-7-16(24)8-5-14/h4-10,21H,3,12,26H2,1-2H3/t21-/m1/s1. The number of ether oxygens (including phenoxy) is 3. The van der Waals surface area contributed by atoms with Crippen LogP contribution in [0.15, 0.2) is 65.3 Å². The number of nitrogens with two attached hydrogens (primary N) is 1. The van der Waals surface area contributed by atoms with Crippen molar-refractivity contribution in [3.05, 3.63) is 91.5 Å². The van der Waals surface area contributed by atoms with E-state index >= 15 is 0 Å². The topological polar surface area (TPSA) is 138 Å². The van der Waals surface area contributed by atoms with E-state index in [0.29, 0.717) is 10.6 Å². The molecule has 0 amide bonds. The number of allylic oxidation sites excluding steroid dienone is 2. The van der Waals surface area contributed by atoms with Gasteiger partial charge >= 0.3 is 11.7 Å². The van der Waals surface area contributed by atoms with Gasteiger partial charge in [0, 0.05) is 11.1 Å². The summed E-state index contributed by atoms with van der Waals surface area (Å²) in [5.74, 6) is -1.70. The molecule has 1 heterocycles. The summed E-state index contributed by atoms with van der Waals surface area (Å²) in [6, 6.07) is 13.0. The van der Waals surface area contributed by atoms with Crippen molar-refractivity contribution in [1.29, 1.82) is 5.26 Å². The maximum absolute atomic E-state index is 12.6. The fraction of sp³-hybridized carbons (Fsp3) is 0.217. The van der Waals surface area contributed by atoms with Gasteiger partial charge in [0.1, 0.15) is 24.0 Å². The highest BCUT2D eigenvalue weighted by atomic mass is 35.5. The molecule has 0 bridgehead atoms. The van der Waals surface area contributed by atoms with Gasteiger partial charge in [-0.1, -0.05) is 29.8 Å². The Labute approximate surface area is 194 Å². The molecule has 170 valence electrons. The lowest BCUT2D eigenvalue weighted by atomic mass is 9.83. The highest BCUT2D eigenvalue weighted by Crippen LogP contribution is 2.42. The summed E-state index contributed by atoms with van der Waals surface area (Å²) in [4.78, 5) is 23.8. The predicted molar refractivity (Wildman–Crippen MR) is 119 cm³/mol. The van der Waals surface area contributed by atoms with Crippen molar-refractivity contribution >= 4 is 23.3 Å². The molecule has 1 atom stereocenters. The maximum Gasteiger partial charge on any atom is 0.338 e. The number of nitro benzene ring substituents is 1. The van der Waals surface area contributed by atoms with Gasteiger partial charge in [-0.2, -0.15) is 5.26 Å². The Hall–Kier alpha value is -4.03. The largest absolute Gasteiger partial charge is 0.482 e. The number of carbonyl (C=O) groups excluding carboxylic acids is 1. The fourth-order valence-corrected chi connectivity index (χ4v) is 3.53. The summed E-state index contributed by atoms with van der Waals surface area (Å²) in [7, 11) is 0. The highest BCUT2D eigenvalue weighted by molar-refractivity contribution is 6.30. The van der Waals surface area contributed by atoms with Crippen molar-refractivity contribution in [2.75, 3.05) is 6.61 Å². The quantitative estimate of drug-likeness (QED) is 0.356. The van der Waals surface area contributed by atoms with Crippen molar-refractivity contribution in [3.8, 4) is 11.8 Å². The molecule has 0 spiro atoms. The Balaban J connectivity index is 2.02. The van der Waals surface area contributed by atoms with Crippen LogP contribution < -0.4 is 10.5 Å². The Morgan fingerprint density at radius 2 is 2.00 bits per heavy atom. The van der Waals surface area contributed by atoms with E-state index in [-0.39, 0.29) is 47.4 Å². The van der Waals surface area contributed by atoms with Crippen LogP contribution in [0.2, 0.25) is 5.02 Å². The Kier molecular flexibility index (Phi) is 7.20. The van der Waals surface area contributed by atoms with Crippen LogP contribution in [0.3, 0.4) is 0 Å². The molecule has 0 fully saturated rings. The first-order chi connectivity index (χ1) is 15.8. The molecule has 1 aliphatic rings. The van der Waals surface area contributed by atoms with Crippen molar-refractivity contribution in [2.45, 2.75) is 26.4 Å². The van der Waals surface area contributed by atoms with E-state index in [1.165, 1.54) is 25.1 Å². The molecule has 10 heteroatoms. The van der Waals surface area contributed by atoms with Gasteiger partial charge in [0.05, 0.1) is 23.0 Å². The van der Waals surface area contributed by atoms with E-state index in [9.17, 15) is 20.2 Å². The van der Waals surface area contributed by atoms with Gasteiger partial charge in [0.2, 0.25) is 5.88 Å². The number of nitriles is 1. The van der Waals surface area contributed by atoms with Crippen LogP contribution in [0.1, 0.15) is 30.9 Å². The molecule has 0 aromatic heterocycles. The summed E-state index contributed by atoms with van der Waals surface area (Å²) in [5, 5.41) is 22.0. The van der Waals surface area contributed by atoms with Gasteiger partial charge in [-0.05, 0) is 43.2 Å². The zero-order valence-electron chi connectivity index (χ0n) is 17.8. The first kappa shape index (κ1) is 23.6. The predicted octanol–water partition coefficient (Wildman–Crippen LogP) is 4.47. The molecule has 0 unspecified atom stereocenters. The molecule has 3 rings (SSSR count). The van der Waals surface area contributed by atoms with Gasteiger partial charge < -0.3 is 19.9 Å². The number of esters is 1. The number of benzene rings is 2. The van der Waals surface area contributed by atoms with Crippen LogP contribution in [0.4, 0.5) is 5.69 Å². The van der Waals surface area contributed by atoms with Crippen molar-refractivity contribution in [3.63, 3.8) is 0 Å².